The van der Waals surface area contributed by atoms with Gasteiger partial charge in [-0.2, -0.15) is 5.26 Å². The third-order valence-electron chi connectivity index (χ3n) is 3.83. The van der Waals surface area contributed by atoms with Gasteiger partial charge in [0, 0.05) is 22.4 Å². The summed E-state index contributed by atoms with van der Waals surface area (Å²) in [5.74, 6) is 0.0377. The molecule has 0 fully saturated rings. The molecule has 0 bridgehead atoms. The highest BCUT2D eigenvalue weighted by atomic mass is 32.2. The van der Waals surface area contributed by atoms with Crippen molar-refractivity contribution in [1.82, 2.24) is 0 Å². The fourth-order valence-corrected chi connectivity index (χ4v) is 4.71. The number of amides is 2. The van der Waals surface area contributed by atoms with Crippen LogP contribution in [-0.4, -0.2) is 17.6 Å². The van der Waals surface area contributed by atoms with Gasteiger partial charge in [0.25, 0.3) is 0 Å². The maximum Gasteiger partial charge on any atom is 0.235 e. The number of aryl methyl sites for hydroxylation is 1. The van der Waals surface area contributed by atoms with Gasteiger partial charge in [-0.05, 0) is 49.1 Å². The Morgan fingerprint density at radius 3 is 2.68 bits per heavy atom. The van der Waals surface area contributed by atoms with Crippen LogP contribution in [0.3, 0.4) is 0 Å². The molecule has 5 nitrogen and oxygen atoms in total. The van der Waals surface area contributed by atoms with E-state index in [4.69, 9.17) is 0 Å². The summed E-state index contributed by atoms with van der Waals surface area (Å²) in [4.78, 5) is 25.4. The van der Waals surface area contributed by atoms with Crippen molar-refractivity contribution in [2.24, 2.45) is 0 Å². The van der Waals surface area contributed by atoms with Gasteiger partial charge >= 0.3 is 0 Å². The highest BCUT2D eigenvalue weighted by Crippen LogP contribution is 2.38. The molecule has 1 aromatic heterocycles. The number of carbonyl (C=O) groups excluding carboxylic acids is 2. The summed E-state index contributed by atoms with van der Waals surface area (Å²) >= 11 is 2.94. The van der Waals surface area contributed by atoms with Gasteiger partial charge in [0.05, 0.1) is 11.3 Å². The first-order chi connectivity index (χ1) is 12.1. The second kappa shape index (κ2) is 7.72. The van der Waals surface area contributed by atoms with Gasteiger partial charge in [0.2, 0.25) is 11.8 Å². The summed E-state index contributed by atoms with van der Waals surface area (Å²) in [5, 5.41) is 15.6. The molecule has 1 aliphatic carbocycles. The molecule has 1 heterocycles. The lowest BCUT2D eigenvalue weighted by atomic mass is 10.1. The minimum absolute atomic E-state index is 0.115. The lowest BCUT2D eigenvalue weighted by molar-refractivity contribution is -0.114. The number of carbonyl (C=O) groups is 2. The van der Waals surface area contributed by atoms with Crippen molar-refractivity contribution >= 4 is 45.6 Å². The number of rotatable bonds is 5. The predicted molar refractivity (Wildman–Crippen MR) is 101 cm³/mol. The van der Waals surface area contributed by atoms with E-state index in [1.165, 1.54) is 34.9 Å². The quantitative estimate of drug-likeness (QED) is 0.783. The third-order valence-corrected chi connectivity index (χ3v) is 6.05. The van der Waals surface area contributed by atoms with E-state index in [9.17, 15) is 14.9 Å². The minimum Gasteiger partial charge on any atom is -0.326 e. The van der Waals surface area contributed by atoms with Crippen LogP contribution in [0.2, 0.25) is 0 Å². The van der Waals surface area contributed by atoms with E-state index < -0.39 is 0 Å². The number of benzene rings is 1. The van der Waals surface area contributed by atoms with Crippen LogP contribution in [0.4, 0.5) is 10.7 Å². The van der Waals surface area contributed by atoms with Gasteiger partial charge in [-0.15, -0.1) is 23.1 Å². The van der Waals surface area contributed by atoms with E-state index in [1.54, 1.807) is 12.1 Å². The van der Waals surface area contributed by atoms with Crippen LogP contribution >= 0.6 is 23.1 Å². The molecule has 0 unspecified atom stereocenters. The Hall–Kier alpha value is -2.30. The van der Waals surface area contributed by atoms with Gasteiger partial charge < -0.3 is 10.6 Å². The summed E-state index contributed by atoms with van der Waals surface area (Å²) in [6.45, 7) is 1.46. The normalized spacial score (nSPS) is 12.3. The number of fused-ring (bicyclic) bond motifs is 1. The van der Waals surface area contributed by atoms with Crippen molar-refractivity contribution in [2.45, 2.75) is 31.1 Å². The average molecular weight is 371 g/mol. The van der Waals surface area contributed by atoms with Gasteiger partial charge in [-0.3, -0.25) is 9.59 Å². The fraction of sp³-hybridized carbons (Fsp3) is 0.278. The van der Waals surface area contributed by atoms with E-state index in [-0.39, 0.29) is 17.6 Å². The monoisotopic (exact) mass is 371 g/mol. The molecule has 128 valence electrons. The molecule has 0 radical (unpaired) electrons. The van der Waals surface area contributed by atoms with Crippen molar-refractivity contribution in [3.05, 3.63) is 40.3 Å². The maximum absolute atomic E-state index is 12.2. The second-order valence-electron chi connectivity index (χ2n) is 5.72. The Labute approximate surface area is 154 Å². The molecule has 0 atom stereocenters. The first kappa shape index (κ1) is 17.5. The zero-order chi connectivity index (χ0) is 17.8. The van der Waals surface area contributed by atoms with Crippen LogP contribution in [0.25, 0.3) is 0 Å². The van der Waals surface area contributed by atoms with Crippen LogP contribution in [0.5, 0.6) is 0 Å². The van der Waals surface area contributed by atoms with E-state index in [1.807, 2.05) is 12.1 Å². The molecule has 1 aromatic carbocycles. The topological polar surface area (TPSA) is 82.0 Å². The van der Waals surface area contributed by atoms with Crippen LogP contribution in [-0.2, 0) is 22.4 Å². The number of anilines is 2. The van der Waals surface area contributed by atoms with Crippen LogP contribution in [0.15, 0.2) is 29.2 Å². The molecule has 2 N–H and O–H groups in total. The first-order valence-electron chi connectivity index (χ1n) is 7.91. The highest BCUT2D eigenvalue weighted by molar-refractivity contribution is 8.00. The smallest absolute Gasteiger partial charge is 0.235 e. The second-order valence-corrected chi connectivity index (χ2v) is 7.87. The van der Waals surface area contributed by atoms with Crippen molar-refractivity contribution in [3.63, 3.8) is 0 Å². The summed E-state index contributed by atoms with van der Waals surface area (Å²) in [6, 6.07) is 9.57. The first-order valence-corrected chi connectivity index (χ1v) is 9.72. The maximum atomic E-state index is 12.2. The Bertz CT molecular complexity index is 850. The molecule has 0 aliphatic heterocycles. The number of nitriles is 1. The molecular formula is C18H17N3O2S2. The van der Waals surface area contributed by atoms with Gasteiger partial charge in [0.15, 0.2) is 0 Å². The molecule has 2 aromatic rings. The standard InChI is InChI=1S/C18H17N3O2S2/c1-11(22)20-12-5-7-13(8-6-12)24-10-17(23)21-18-15(9-19)14-3-2-4-16(14)25-18/h5-8H,2-4,10H2,1H3,(H,20,22)(H,21,23). The van der Waals surface area contributed by atoms with Crippen molar-refractivity contribution in [1.29, 1.82) is 5.26 Å². The van der Waals surface area contributed by atoms with E-state index in [0.717, 1.165) is 35.4 Å². The average Bonchev–Trinajstić information content (AvgIpc) is 3.14. The molecule has 0 saturated carbocycles. The lowest BCUT2D eigenvalue weighted by Crippen LogP contribution is -2.14. The largest absolute Gasteiger partial charge is 0.326 e. The summed E-state index contributed by atoms with van der Waals surface area (Å²) in [7, 11) is 0. The molecule has 7 heteroatoms. The molecule has 0 saturated heterocycles. The van der Waals surface area contributed by atoms with E-state index in [2.05, 4.69) is 16.7 Å². The fourth-order valence-electron chi connectivity index (χ4n) is 2.76. The number of hydrogen-bond donors (Lipinski definition) is 2. The molecule has 1 aliphatic rings. The van der Waals surface area contributed by atoms with E-state index in [0.29, 0.717) is 10.6 Å². The summed E-state index contributed by atoms with van der Waals surface area (Å²) < 4.78 is 0. The molecule has 25 heavy (non-hydrogen) atoms. The van der Waals surface area contributed by atoms with Crippen LogP contribution in [0, 0.1) is 11.3 Å². The van der Waals surface area contributed by atoms with E-state index >= 15 is 0 Å². The van der Waals surface area contributed by atoms with Gasteiger partial charge in [-0.25, -0.2) is 0 Å². The number of hydrogen-bond acceptors (Lipinski definition) is 5. The number of nitrogens with zero attached hydrogens (tertiary/aromatic N) is 1. The molecular weight excluding hydrogens is 354 g/mol. The summed E-state index contributed by atoms with van der Waals surface area (Å²) in [5.41, 5.74) is 2.48. The zero-order valence-corrected chi connectivity index (χ0v) is 15.4. The zero-order valence-electron chi connectivity index (χ0n) is 13.7. The van der Waals surface area contributed by atoms with Crippen LogP contribution in [0.1, 0.15) is 29.3 Å². The SMILES string of the molecule is CC(=O)Nc1ccc(SCC(=O)Nc2sc3c(c2C#N)CCC3)cc1. The minimum atomic E-state index is -0.118. The molecule has 0 spiro atoms. The number of thiophene rings is 1. The summed E-state index contributed by atoms with van der Waals surface area (Å²) in [6.07, 6.45) is 3.02. The van der Waals surface area contributed by atoms with Crippen molar-refractivity contribution < 1.29 is 9.59 Å². The Kier molecular flexibility index (Phi) is 5.41. The lowest BCUT2D eigenvalue weighted by Gasteiger charge is -2.06. The number of nitrogens with one attached hydrogen (secondary N) is 2. The Morgan fingerprint density at radius 2 is 2.00 bits per heavy atom. The van der Waals surface area contributed by atoms with Crippen molar-refractivity contribution in [2.75, 3.05) is 16.4 Å². The Balaban J connectivity index is 1.57. The highest BCUT2D eigenvalue weighted by Gasteiger charge is 2.22. The third kappa shape index (κ3) is 4.21. The number of thioether (sulfide) groups is 1. The Morgan fingerprint density at radius 1 is 1.24 bits per heavy atom. The van der Waals surface area contributed by atoms with Gasteiger partial charge in [0.1, 0.15) is 11.1 Å². The van der Waals surface area contributed by atoms with Gasteiger partial charge in [-0.1, -0.05) is 0 Å². The van der Waals surface area contributed by atoms with Crippen molar-refractivity contribution in [3.8, 4) is 6.07 Å². The van der Waals surface area contributed by atoms with Crippen LogP contribution < -0.4 is 10.6 Å². The predicted octanol–water partition coefficient (Wildman–Crippen LogP) is 3.80. The molecule has 2 amide bonds. The molecule has 3 rings (SSSR count).